The molecule has 2 N–H and O–H groups in total. The Kier molecular flexibility index (Phi) is 5.28. The van der Waals surface area contributed by atoms with Gasteiger partial charge in [-0.25, -0.2) is 0 Å². The van der Waals surface area contributed by atoms with E-state index in [1.54, 1.807) is 0 Å². The van der Waals surface area contributed by atoms with Crippen LogP contribution in [0.2, 0.25) is 5.02 Å². The summed E-state index contributed by atoms with van der Waals surface area (Å²) in [6.45, 7) is 6.58. The van der Waals surface area contributed by atoms with Crippen LogP contribution in [-0.4, -0.2) is 28.0 Å². The molecule has 0 atom stereocenters. The maximum absolute atomic E-state index is 9.13. The van der Waals surface area contributed by atoms with Crippen LogP contribution in [0, 0.1) is 13.8 Å². The Labute approximate surface area is 148 Å². The average molecular weight is 348 g/mol. The quantitative estimate of drug-likeness (QED) is 0.807. The lowest BCUT2D eigenvalue weighted by Crippen LogP contribution is -2.43. The van der Waals surface area contributed by atoms with Crippen LogP contribution in [0.15, 0.2) is 24.3 Å². The van der Waals surface area contributed by atoms with Gasteiger partial charge in [0.2, 0.25) is 0 Å². The smallest absolute Gasteiger partial charge is 0.0644 e. The predicted molar refractivity (Wildman–Crippen MR) is 97.5 cm³/mol. The monoisotopic (exact) mass is 347 g/mol. The first kappa shape index (κ1) is 17.5. The predicted octanol–water partition coefficient (Wildman–Crippen LogP) is 3.36. The number of hydrogen-bond acceptors (Lipinski definition) is 3. The highest BCUT2D eigenvalue weighted by molar-refractivity contribution is 6.30. The Morgan fingerprint density at radius 1 is 1.25 bits per heavy atom. The molecule has 130 valence electrons. The molecule has 0 amide bonds. The van der Waals surface area contributed by atoms with E-state index >= 15 is 0 Å². The largest absolute Gasteiger partial charge is 0.394 e. The zero-order chi connectivity index (χ0) is 17.2. The van der Waals surface area contributed by atoms with E-state index < -0.39 is 0 Å². The summed E-state index contributed by atoms with van der Waals surface area (Å²) in [5.41, 5.74) is 5.06. The van der Waals surface area contributed by atoms with Gasteiger partial charge in [0.25, 0.3) is 0 Å². The summed E-state index contributed by atoms with van der Waals surface area (Å²) < 4.78 is 1.89. The van der Waals surface area contributed by atoms with Crippen molar-refractivity contribution in [2.24, 2.45) is 0 Å². The minimum atomic E-state index is 0.120. The third-order valence-electron chi connectivity index (χ3n) is 5.38. The van der Waals surface area contributed by atoms with E-state index in [4.69, 9.17) is 16.7 Å². The number of aryl methyl sites for hydroxylation is 1. The van der Waals surface area contributed by atoms with Crippen LogP contribution in [-0.2, 0) is 18.5 Å². The Balaban J connectivity index is 1.66. The van der Waals surface area contributed by atoms with Gasteiger partial charge in [-0.1, -0.05) is 30.2 Å². The van der Waals surface area contributed by atoms with Gasteiger partial charge in [0.1, 0.15) is 0 Å². The van der Waals surface area contributed by atoms with Gasteiger partial charge < -0.3 is 10.4 Å². The first-order valence-corrected chi connectivity index (χ1v) is 9.04. The van der Waals surface area contributed by atoms with E-state index in [2.05, 4.69) is 29.5 Å². The van der Waals surface area contributed by atoms with Crippen LogP contribution in [0.3, 0.4) is 0 Å². The lowest BCUT2D eigenvalue weighted by atomic mass is 9.64. The zero-order valence-corrected chi connectivity index (χ0v) is 15.2. The zero-order valence-electron chi connectivity index (χ0n) is 14.5. The van der Waals surface area contributed by atoms with Gasteiger partial charge in [0.05, 0.1) is 18.8 Å². The molecule has 1 fully saturated rings. The summed E-state index contributed by atoms with van der Waals surface area (Å²) in [7, 11) is 0. The summed E-state index contributed by atoms with van der Waals surface area (Å²) in [6, 6.07) is 8.31. The Bertz CT molecular complexity index is 689. The van der Waals surface area contributed by atoms with E-state index in [0.29, 0.717) is 6.54 Å². The normalized spacial score (nSPS) is 16.2. The Hall–Kier alpha value is -1.36. The average Bonchev–Trinajstić information content (AvgIpc) is 2.79. The number of benzene rings is 1. The molecule has 1 aliphatic rings. The molecule has 0 unspecified atom stereocenters. The first-order valence-electron chi connectivity index (χ1n) is 8.66. The molecule has 0 spiro atoms. The fraction of sp³-hybridized carbons (Fsp3) is 0.526. The van der Waals surface area contributed by atoms with Crippen molar-refractivity contribution in [2.75, 3.05) is 13.2 Å². The summed E-state index contributed by atoms with van der Waals surface area (Å²) >= 11 is 6.03. The van der Waals surface area contributed by atoms with Crippen molar-refractivity contribution in [3.05, 3.63) is 51.8 Å². The second-order valence-electron chi connectivity index (χ2n) is 6.84. The molecular formula is C19H26ClN3O. The molecular weight excluding hydrogens is 322 g/mol. The number of nitrogens with zero attached hydrogens (tertiary/aromatic N) is 2. The van der Waals surface area contributed by atoms with Gasteiger partial charge in [-0.05, 0) is 44.4 Å². The number of nitrogens with one attached hydrogen (secondary N) is 1. The standard InChI is InChI=1S/C19H26ClN3O/c1-14-18(15(2)23(22-14)10-11-24)12-21-13-19(8-3-9-19)16-4-6-17(20)7-5-16/h4-7,21,24H,3,8-13H2,1-2H3. The maximum Gasteiger partial charge on any atom is 0.0644 e. The summed E-state index contributed by atoms with van der Waals surface area (Å²) in [4.78, 5) is 0. The molecule has 1 heterocycles. The van der Waals surface area contributed by atoms with Gasteiger partial charge >= 0.3 is 0 Å². The molecule has 0 bridgehead atoms. The number of aromatic nitrogens is 2. The number of aliphatic hydroxyl groups is 1. The molecule has 0 radical (unpaired) electrons. The molecule has 0 aliphatic heterocycles. The van der Waals surface area contributed by atoms with Crippen LogP contribution < -0.4 is 5.32 Å². The number of aliphatic hydroxyl groups excluding tert-OH is 1. The van der Waals surface area contributed by atoms with E-state index in [0.717, 1.165) is 29.5 Å². The first-order chi connectivity index (χ1) is 11.6. The second kappa shape index (κ2) is 7.26. The van der Waals surface area contributed by atoms with E-state index in [9.17, 15) is 0 Å². The molecule has 3 rings (SSSR count). The topological polar surface area (TPSA) is 50.1 Å². The number of halogens is 1. The highest BCUT2D eigenvalue weighted by Gasteiger charge is 2.38. The number of hydrogen-bond donors (Lipinski definition) is 2. The maximum atomic E-state index is 9.13. The third kappa shape index (κ3) is 3.37. The van der Waals surface area contributed by atoms with Gasteiger partial charge in [0, 0.05) is 34.8 Å². The molecule has 1 aromatic carbocycles. The SMILES string of the molecule is Cc1nn(CCO)c(C)c1CNCC1(c2ccc(Cl)cc2)CCC1. The molecule has 1 saturated carbocycles. The van der Waals surface area contributed by atoms with Crippen molar-refractivity contribution in [2.45, 2.75) is 51.6 Å². The van der Waals surface area contributed by atoms with Crippen molar-refractivity contribution >= 4 is 11.6 Å². The lowest BCUT2D eigenvalue weighted by Gasteiger charge is -2.43. The Morgan fingerprint density at radius 3 is 2.54 bits per heavy atom. The minimum Gasteiger partial charge on any atom is -0.394 e. The Morgan fingerprint density at radius 2 is 1.96 bits per heavy atom. The van der Waals surface area contributed by atoms with Gasteiger partial charge in [-0.15, -0.1) is 0 Å². The van der Waals surface area contributed by atoms with Gasteiger partial charge in [-0.2, -0.15) is 5.10 Å². The van der Waals surface area contributed by atoms with Crippen LogP contribution in [0.1, 0.15) is 41.8 Å². The second-order valence-corrected chi connectivity index (χ2v) is 7.28. The van der Waals surface area contributed by atoms with Crippen molar-refractivity contribution < 1.29 is 5.11 Å². The van der Waals surface area contributed by atoms with Gasteiger partial charge in [0.15, 0.2) is 0 Å². The lowest BCUT2D eigenvalue weighted by molar-refractivity contribution is 0.233. The third-order valence-corrected chi connectivity index (χ3v) is 5.63. The van der Waals surface area contributed by atoms with Crippen molar-refractivity contribution in [1.29, 1.82) is 0 Å². The van der Waals surface area contributed by atoms with Crippen molar-refractivity contribution in [1.82, 2.24) is 15.1 Å². The van der Waals surface area contributed by atoms with Crippen molar-refractivity contribution in [3.8, 4) is 0 Å². The summed E-state index contributed by atoms with van der Waals surface area (Å²) in [5.74, 6) is 0. The van der Waals surface area contributed by atoms with Crippen molar-refractivity contribution in [3.63, 3.8) is 0 Å². The van der Waals surface area contributed by atoms with Gasteiger partial charge in [-0.3, -0.25) is 4.68 Å². The highest BCUT2D eigenvalue weighted by atomic mass is 35.5. The highest BCUT2D eigenvalue weighted by Crippen LogP contribution is 2.43. The van der Waals surface area contributed by atoms with Crippen LogP contribution in [0.25, 0.3) is 0 Å². The van der Waals surface area contributed by atoms with E-state index in [-0.39, 0.29) is 12.0 Å². The van der Waals surface area contributed by atoms with E-state index in [1.807, 2.05) is 23.7 Å². The summed E-state index contributed by atoms with van der Waals surface area (Å²) in [6.07, 6.45) is 3.74. The van der Waals surface area contributed by atoms with Crippen LogP contribution in [0.5, 0.6) is 0 Å². The molecule has 24 heavy (non-hydrogen) atoms. The van der Waals surface area contributed by atoms with Crippen LogP contribution >= 0.6 is 11.6 Å². The summed E-state index contributed by atoms with van der Waals surface area (Å²) in [5, 5.41) is 18.1. The van der Waals surface area contributed by atoms with Crippen LogP contribution in [0.4, 0.5) is 0 Å². The molecule has 1 aliphatic carbocycles. The molecule has 2 aromatic rings. The fourth-order valence-electron chi connectivity index (χ4n) is 3.70. The van der Waals surface area contributed by atoms with E-state index in [1.165, 1.54) is 30.4 Å². The minimum absolute atomic E-state index is 0.120. The fourth-order valence-corrected chi connectivity index (χ4v) is 3.83. The molecule has 4 nitrogen and oxygen atoms in total. The number of rotatable bonds is 7. The molecule has 5 heteroatoms. The molecule has 0 saturated heterocycles. The molecule has 1 aromatic heterocycles.